The van der Waals surface area contributed by atoms with Crippen LogP contribution in [0.5, 0.6) is 0 Å². The van der Waals surface area contributed by atoms with Crippen LogP contribution in [0, 0.1) is 5.41 Å². The fourth-order valence-corrected chi connectivity index (χ4v) is 4.65. The number of aryl methyl sites for hydroxylation is 1. The van der Waals surface area contributed by atoms with Crippen molar-refractivity contribution in [2.75, 3.05) is 51.7 Å². The van der Waals surface area contributed by atoms with E-state index in [-0.39, 0.29) is 5.41 Å². The molecular weight excluding hydrogens is 322 g/mol. The number of piperidine rings is 2. The first kappa shape index (κ1) is 17.6. The van der Waals surface area contributed by atoms with Gasteiger partial charge in [0.15, 0.2) is 0 Å². The molecule has 6 nitrogen and oxygen atoms in total. The van der Waals surface area contributed by atoms with Gasteiger partial charge in [0.2, 0.25) is 11.0 Å². The van der Waals surface area contributed by atoms with Crippen LogP contribution < -0.4 is 4.90 Å². The second kappa shape index (κ2) is 7.35. The van der Waals surface area contributed by atoms with Crippen molar-refractivity contribution >= 4 is 22.4 Å². The van der Waals surface area contributed by atoms with Crippen LogP contribution >= 0.6 is 11.3 Å². The molecular formula is C17H29N5OS. The maximum absolute atomic E-state index is 12.3. The van der Waals surface area contributed by atoms with E-state index >= 15 is 0 Å². The minimum absolute atomic E-state index is 0.233. The van der Waals surface area contributed by atoms with E-state index in [0.29, 0.717) is 12.3 Å². The summed E-state index contributed by atoms with van der Waals surface area (Å²) in [7, 11) is 4.13. The molecule has 1 amide bonds. The summed E-state index contributed by atoms with van der Waals surface area (Å²) in [6, 6.07) is 0. The molecule has 0 N–H and O–H groups in total. The van der Waals surface area contributed by atoms with Crippen LogP contribution in [0.4, 0.5) is 5.13 Å². The number of hydrogen-bond acceptors (Lipinski definition) is 6. The van der Waals surface area contributed by atoms with E-state index in [9.17, 15) is 4.79 Å². The molecule has 2 saturated heterocycles. The minimum atomic E-state index is 0.233. The summed E-state index contributed by atoms with van der Waals surface area (Å²) in [5.74, 6) is 0.323. The highest BCUT2D eigenvalue weighted by Crippen LogP contribution is 2.40. The average molecular weight is 352 g/mol. The Morgan fingerprint density at radius 3 is 2.79 bits per heavy atom. The molecule has 24 heavy (non-hydrogen) atoms. The molecule has 0 saturated carbocycles. The van der Waals surface area contributed by atoms with Crippen molar-refractivity contribution in [1.82, 2.24) is 20.0 Å². The van der Waals surface area contributed by atoms with Crippen LogP contribution in [-0.2, 0) is 11.2 Å². The third-order valence-electron chi connectivity index (χ3n) is 5.26. The zero-order valence-corrected chi connectivity index (χ0v) is 15.9. The Morgan fingerprint density at radius 1 is 1.25 bits per heavy atom. The number of anilines is 1. The topological polar surface area (TPSA) is 52.6 Å². The number of carbonyl (C=O) groups is 1. The smallest absolute Gasteiger partial charge is 0.222 e. The molecule has 2 aliphatic rings. The molecule has 134 valence electrons. The van der Waals surface area contributed by atoms with E-state index in [0.717, 1.165) is 55.7 Å². The Bertz CT molecular complexity index is 575. The van der Waals surface area contributed by atoms with Crippen molar-refractivity contribution in [2.45, 2.75) is 39.0 Å². The quantitative estimate of drug-likeness (QED) is 0.811. The Balaban J connectivity index is 1.68. The predicted molar refractivity (Wildman–Crippen MR) is 97.5 cm³/mol. The van der Waals surface area contributed by atoms with Gasteiger partial charge in [-0.05, 0) is 39.8 Å². The molecule has 0 radical (unpaired) electrons. The van der Waals surface area contributed by atoms with Gasteiger partial charge in [0.1, 0.15) is 5.01 Å². The minimum Gasteiger partial charge on any atom is -0.346 e. The molecule has 2 fully saturated rings. The molecule has 1 atom stereocenters. The van der Waals surface area contributed by atoms with Gasteiger partial charge in [-0.3, -0.25) is 4.79 Å². The lowest BCUT2D eigenvalue weighted by Crippen LogP contribution is -2.55. The Morgan fingerprint density at radius 2 is 2.08 bits per heavy atom. The molecule has 0 aromatic carbocycles. The van der Waals surface area contributed by atoms with Crippen LogP contribution in [0.1, 0.15) is 37.6 Å². The molecule has 1 aromatic rings. The van der Waals surface area contributed by atoms with Crippen molar-refractivity contribution in [3.63, 3.8) is 0 Å². The molecule has 3 rings (SSSR count). The summed E-state index contributed by atoms with van der Waals surface area (Å²) in [6.07, 6.45) is 5.05. The molecule has 3 heterocycles. The first-order chi connectivity index (χ1) is 11.5. The second-order valence-corrected chi connectivity index (χ2v) is 8.52. The predicted octanol–water partition coefficient (Wildman–Crippen LogP) is 1.87. The highest BCUT2D eigenvalue weighted by atomic mass is 32.1. The van der Waals surface area contributed by atoms with Crippen LogP contribution in [0.15, 0.2) is 0 Å². The van der Waals surface area contributed by atoms with Crippen molar-refractivity contribution < 1.29 is 4.79 Å². The zero-order valence-electron chi connectivity index (χ0n) is 15.1. The average Bonchev–Trinajstić information content (AvgIpc) is 3.05. The van der Waals surface area contributed by atoms with E-state index in [1.54, 1.807) is 11.3 Å². The summed E-state index contributed by atoms with van der Waals surface area (Å²) >= 11 is 1.72. The first-order valence-electron chi connectivity index (χ1n) is 9.01. The van der Waals surface area contributed by atoms with Crippen molar-refractivity contribution in [1.29, 1.82) is 0 Å². The molecule has 0 aliphatic carbocycles. The lowest BCUT2D eigenvalue weighted by molar-refractivity contribution is -0.138. The Kier molecular flexibility index (Phi) is 5.39. The van der Waals surface area contributed by atoms with Gasteiger partial charge in [-0.15, -0.1) is 10.2 Å². The molecule has 1 spiro atoms. The fraction of sp³-hybridized carbons (Fsp3) is 0.824. The number of hydrogen-bond donors (Lipinski definition) is 0. The first-order valence-corrected chi connectivity index (χ1v) is 9.83. The van der Waals surface area contributed by atoms with Gasteiger partial charge in [-0.2, -0.15) is 0 Å². The van der Waals surface area contributed by atoms with Crippen LogP contribution in [0.2, 0.25) is 0 Å². The molecule has 2 aliphatic heterocycles. The SMILES string of the molecule is CCc1nnc(N2CCC[C@@]3(CCC(=O)N(CCN(C)C)C3)C2)s1. The van der Waals surface area contributed by atoms with E-state index in [4.69, 9.17) is 0 Å². The van der Waals surface area contributed by atoms with Gasteiger partial charge in [0.05, 0.1) is 0 Å². The van der Waals surface area contributed by atoms with E-state index in [2.05, 4.69) is 45.9 Å². The third kappa shape index (κ3) is 3.88. The molecule has 7 heteroatoms. The Hall–Kier alpha value is -1.21. The number of rotatable bonds is 5. The lowest BCUT2D eigenvalue weighted by Gasteiger charge is -2.48. The van der Waals surface area contributed by atoms with Crippen molar-refractivity contribution in [3.05, 3.63) is 5.01 Å². The number of likely N-dealkylation sites (N-methyl/N-ethyl adjacent to an activating group) is 1. The van der Waals surface area contributed by atoms with Gasteiger partial charge >= 0.3 is 0 Å². The van der Waals surface area contributed by atoms with Crippen molar-refractivity contribution in [3.8, 4) is 0 Å². The summed E-state index contributed by atoms with van der Waals surface area (Å²) < 4.78 is 0. The van der Waals surface area contributed by atoms with Crippen LogP contribution in [-0.4, -0.2) is 72.7 Å². The number of carbonyl (C=O) groups excluding carboxylic acids is 1. The van der Waals surface area contributed by atoms with E-state index in [1.807, 2.05) is 0 Å². The summed E-state index contributed by atoms with van der Waals surface area (Å²) in [6.45, 7) is 6.87. The monoisotopic (exact) mass is 351 g/mol. The molecule has 0 unspecified atom stereocenters. The third-order valence-corrected chi connectivity index (χ3v) is 6.38. The summed E-state index contributed by atoms with van der Waals surface area (Å²) in [5.41, 5.74) is 0.233. The Labute approximate surface area is 148 Å². The lowest BCUT2D eigenvalue weighted by atomic mass is 9.73. The molecule has 0 bridgehead atoms. The normalized spacial score (nSPS) is 25.1. The van der Waals surface area contributed by atoms with E-state index < -0.39 is 0 Å². The fourth-order valence-electron chi connectivity index (χ4n) is 3.85. The maximum atomic E-state index is 12.3. The van der Waals surface area contributed by atoms with Gasteiger partial charge in [0, 0.05) is 44.6 Å². The molecule has 1 aromatic heterocycles. The van der Waals surface area contributed by atoms with Crippen LogP contribution in [0.3, 0.4) is 0 Å². The maximum Gasteiger partial charge on any atom is 0.222 e. The van der Waals surface area contributed by atoms with Crippen LogP contribution in [0.25, 0.3) is 0 Å². The summed E-state index contributed by atoms with van der Waals surface area (Å²) in [4.78, 5) is 18.9. The van der Waals surface area contributed by atoms with Gasteiger partial charge in [-0.1, -0.05) is 18.3 Å². The number of aromatic nitrogens is 2. The van der Waals surface area contributed by atoms with Crippen molar-refractivity contribution in [2.24, 2.45) is 5.41 Å². The van der Waals surface area contributed by atoms with Gasteiger partial charge in [0.25, 0.3) is 0 Å². The highest BCUT2D eigenvalue weighted by molar-refractivity contribution is 7.15. The summed E-state index contributed by atoms with van der Waals surface area (Å²) in [5, 5.41) is 10.8. The van der Waals surface area contributed by atoms with Gasteiger partial charge in [-0.25, -0.2) is 0 Å². The van der Waals surface area contributed by atoms with Gasteiger partial charge < -0.3 is 14.7 Å². The second-order valence-electron chi connectivity index (χ2n) is 7.48. The standard InChI is InChI=1S/C17H29N5OS/c1-4-14-18-19-16(24-14)22-9-5-7-17(13-22)8-6-15(23)21(12-17)11-10-20(2)3/h4-13H2,1-3H3/t17-/m0/s1. The number of nitrogens with zero attached hydrogens (tertiary/aromatic N) is 5. The number of likely N-dealkylation sites (tertiary alicyclic amines) is 1. The van der Waals surface area contributed by atoms with E-state index in [1.165, 1.54) is 12.8 Å². The largest absolute Gasteiger partial charge is 0.346 e. The highest BCUT2D eigenvalue weighted by Gasteiger charge is 2.42. The number of amides is 1. The zero-order chi connectivity index (χ0) is 17.2.